The summed E-state index contributed by atoms with van der Waals surface area (Å²) in [6.45, 7) is 0.410. The van der Waals surface area contributed by atoms with Crippen molar-refractivity contribution in [3.63, 3.8) is 0 Å². The second-order valence-corrected chi connectivity index (χ2v) is 5.12. The van der Waals surface area contributed by atoms with E-state index in [1.54, 1.807) is 24.6 Å². The monoisotopic (exact) mass is 276 g/mol. The molecular weight excluding hydrogens is 260 g/mol. The minimum Gasteiger partial charge on any atom is -0.382 e. The number of thiophene rings is 1. The molecule has 0 saturated heterocycles. The number of aromatic nitrogens is 1. The van der Waals surface area contributed by atoms with Gasteiger partial charge in [-0.3, -0.25) is 9.78 Å². The minimum atomic E-state index is -0.210. The average molecular weight is 276 g/mol. The summed E-state index contributed by atoms with van der Waals surface area (Å²) in [7, 11) is 1.61. The van der Waals surface area contributed by atoms with Crippen molar-refractivity contribution in [3.05, 3.63) is 52.5 Å². The van der Waals surface area contributed by atoms with Gasteiger partial charge >= 0.3 is 0 Å². The minimum absolute atomic E-state index is 0.0184. The Labute approximate surface area is 116 Å². The normalized spacial score (nSPS) is 12.1. The Morgan fingerprint density at radius 1 is 1.42 bits per heavy atom. The molecule has 0 bridgehead atoms. The van der Waals surface area contributed by atoms with Gasteiger partial charge in [0.1, 0.15) is 0 Å². The third kappa shape index (κ3) is 4.15. The molecule has 4 nitrogen and oxygen atoms in total. The number of hydrogen-bond donors (Lipinski definition) is 1. The van der Waals surface area contributed by atoms with Crippen molar-refractivity contribution in [2.75, 3.05) is 13.7 Å². The van der Waals surface area contributed by atoms with E-state index in [0.717, 1.165) is 10.6 Å². The molecule has 19 heavy (non-hydrogen) atoms. The van der Waals surface area contributed by atoms with Gasteiger partial charge in [-0.15, -0.1) is 11.3 Å². The highest BCUT2D eigenvalue weighted by molar-refractivity contribution is 7.10. The van der Waals surface area contributed by atoms with E-state index in [0.29, 0.717) is 13.0 Å². The van der Waals surface area contributed by atoms with Gasteiger partial charge in [0.2, 0.25) is 5.91 Å². The summed E-state index contributed by atoms with van der Waals surface area (Å²) in [6, 6.07) is 9.32. The number of ether oxygens (including phenoxy) is 1. The van der Waals surface area contributed by atoms with Crippen molar-refractivity contribution < 1.29 is 9.53 Å². The summed E-state index contributed by atoms with van der Waals surface area (Å²) in [4.78, 5) is 17.3. The first kappa shape index (κ1) is 13.7. The van der Waals surface area contributed by atoms with E-state index in [9.17, 15) is 4.79 Å². The lowest BCUT2D eigenvalue weighted by atomic mass is 10.2. The summed E-state index contributed by atoms with van der Waals surface area (Å²) in [5, 5.41) is 4.92. The zero-order chi connectivity index (χ0) is 13.5. The van der Waals surface area contributed by atoms with E-state index in [1.165, 1.54) is 0 Å². The maximum atomic E-state index is 12.0. The van der Waals surface area contributed by atoms with Gasteiger partial charge in [-0.2, -0.15) is 0 Å². The molecule has 0 fully saturated rings. The molecule has 1 N–H and O–H groups in total. The Bertz CT molecular complexity index is 499. The lowest BCUT2D eigenvalue weighted by Gasteiger charge is -2.17. The van der Waals surface area contributed by atoms with Crippen LogP contribution in [0.2, 0.25) is 0 Å². The van der Waals surface area contributed by atoms with Gasteiger partial charge in [0, 0.05) is 18.2 Å². The molecular formula is C14H16N2O2S. The fourth-order valence-corrected chi connectivity index (χ4v) is 2.47. The van der Waals surface area contributed by atoms with Crippen LogP contribution in [0.4, 0.5) is 0 Å². The second-order valence-electron chi connectivity index (χ2n) is 4.09. The van der Waals surface area contributed by atoms with Crippen LogP contribution in [0.25, 0.3) is 0 Å². The van der Waals surface area contributed by atoms with Crippen LogP contribution in [0.3, 0.4) is 0 Å². The highest BCUT2D eigenvalue weighted by Crippen LogP contribution is 2.12. The largest absolute Gasteiger partial charge is 0.382 e. The summed E-state index contributed by atoms with van der Waals surface area (Å²) in [5.74, 6) is -0.0184. The molecule has 0 aliphatic carbocycles. The van der Waals surface area contributed by atoms with Crippen LogP contribution in [0.15, 0.2) is 41.9 Å². The third-order valence-electron chi connectivity index (χ3n) is 2.63. The zero-order valence-corrected chi connectivity index (χ0v) is 11.5. The number of carbonyl (C=O) groups is 1. The number of rotatable bonds is 6. The molecule has 0 spiro atoms. The van der Waals surface area contributed by atoms with Gasteiger partial charge in [0.25, 0.3) is 0 Å². The number of nitrogens with zero attached hydrogens (tertiary/aromatic N) is 1. The Kier molecular flexibility index (Phi) is 5.06. The lowest BCUT2D eigenvalue weighted by molar-refractivity contribution is -0.121. The fourth-order valence-electron chi connectivity index (χ4n) is 1.77. The SMILES string of the molecule is COC[C@@H](NC(=O)Cc1cccs1)c1ccccn1. The summed E-state index contributed by atoms with van der Waals surface area (Å²) >= 11 is 1.58. The quantitative estimate of drug-likeness (QED) is 0.880. The third-order valence-corrected chi connectivity index (χ3v) is 3.50. The molecule has 1 atom stereocenters. The summed E-state index contributed by atoms with van der Waals surface area (Å²) < 4.78 is 5.14. The summed E-state index contributed by atoms with van der Waals surface area (Å²) in [5.41, 5.74) is 0.809. The first-order chi connectivity index (χ1) is 9.29. The molecule has 0 saturated carbocycles. The van der Waals surface area contributed by atoms with Crippen molar-refractivity contribution in [1.82, 2.24) is 10.3 Å². The number of pyridine rings is 1. The molecule has 2 aromatic rings. The Morgan fingerprint density at radius 3 is 2.95 bits per heavy atom. The maximum absolute atomic E-state index is 12.0. The Morgan fingerprint density at radius 2 is 2.32 bits per heavy atom. The van der Waals surface area contributed by atoms with Gasteiger partial charge in [-0.1, -0.05) is 12.1 Å². The average Bonchev–Trinajstić information content (AvgIpc) is 2.92. The van der Waals surface area contributed by atoms with Crippen LogP contribution in [0.5, 0.6) is 0 Å². The van der Waals surface area contributed by atoms with E-state index in [4.69, 9.17) is 4.74 Å². The Balaban J connectivity index is 1.98. The van der Waals surface area contributed by atoms with Crippen molar-refractivity contribution >= 4 is 17.2 Å². The molecule has 0 unspecified atom stereocenters. The van der Waals surface area contributed by atoms with E-state index in [-0.39, 0.29) is 11.9 Å². The van der Waals surface area contributed by atoms with Crippen LogP contribution in [-0.2, 0) is 16.0 Å². The number of carbonyl (C=O) groups excluding carboxylic acids is 1. The second kappa shape index (κ2) is 7.01. The highest BCUT2D eigenvalue weighted by Gasteiger charge is 2.15. The number of amides is 1. The molecule has 2 aromatic heterocycles. The molecule has 0 aliphatic heterocycles. The number of nitrogens with one attached hydrogen (secondary N) is 1. The van der Waals surface area contributed by atoms with Crippen LogP contribution >= 0.6 is 11.3 Å². The number of hydrogen-bond acceptors (Lipinski definition) is 4. The van der Waals surface area contributed by atoms with Gasteiger partial charge in [0.05, 0.1) is 24.8 Å². The molecule has 2 heterocycles. The van der Waals surface area contributed by atoms with Crippen LogP contribution < -0.4 is 5.32 Å². The lowest BCUT2D eigenvalue weighted by Crippen LogP contribution is -2.32. The molecule has 0 aliphatic rings. The van der Waals surface area contributed by atoms with E-state index >= 15 is 0 Å². The van der Waals surface area contributed by atoms with Crippen LogP contribution in [0.1, 0.15) is 16.6 Å². The molecule has 5 heteroatoms. The summed E-state index contributed by atoms with van der Waals surface area (Å²) in [6.07, 6.45) is 2.11. The first-order valence-corrected chi connectivity index (χ1v) is 6.89. The van der Waals surface area contributed by atoms with E-state index in [1.807, 2.05) is 35.7 Å². The molecule has 2 rings (SSSR count). The zero-order valence-electron chi connectivity index (χ0n) is 10.7. The first-order valence-electron chi connectivity index (χ1n) is 6.01. The highest BCUT2D eigenvalue weighted by atomic mass is 32.1. The van der Waals surface area contributed by atoms with Crippen molar-refractivity contribution in [1.29, 1.82) is 0 Å². The molecule has 0 aromatic carbocycles. The topological polar surface area (TPSA) is 51.2 Å². The maximum Gasteiger partial charge on any atom is 0.225 e. The molecule has 0 radical (unpaired) electrons. The predicted octanol–water partition coefficient (Wildman–Crippen LogP) is 2.19. The predicted molar refractivity (Wildman–Crippen MR) is 75.0 cm³/mol. The van der Waals surface area contributed by atoms with Crippen molar-refractivity contribution in [3.8, 4) is 0 Å². The standard InChI is InChI=1S/C14H16N2O2S/c1-18-10-13(12-6-2-3-7-15-12)16-14(17)9-11-5-4-8-19-11/h2-8,13H,9-10H2,1H3,(H,16,17)/t13-/m1/s1. The number of methoxy groups -OCH3 is 1. The van der Waals surface area contributed by atoms with Crippen molar-refractivity contribution in [2.45, 2.75) is 12.5 Å². The van der Waals surface area contributed by atoms with Crippen LogP contribution in [-0.4, -0.2) is 24.6 Å². The molecule has 1 amide bonds. The van der Waals surface area contributed by atoms with Gasteiger partial charge in [0.15, 0.2) is 0 Å². The van der Waals surface area contributed by atoms with E-state index in [2.05, 4.69) is 10.3 Å². The van der Waals surface area contributed by atoms with Crippen molar-refractivity contribution in [2.24, 2.45) is 0 Å². The fraction of sp³-hybridized carbons (Fsp3) is 0.286. The molecule has 100 valence electrons. The smallest absolute Gasteiger partial charge is 0.225 e. The van der Waals surface area contributed by atoms with Gasteiger partial charge in [-0.25, -0.2) is 0 Å². The van der Waals surface area contributed by atoms with Gasteiger partial charge < -0.3 is 10.1 Å². The van der Waals surface area contributed by atoms with Crippen LogP contribution in [0, 0.1) is 0 Å². The van der Waals surface area contributed by atoms with E-state index < -0.39 is 0 Å². The van der Waals surface area contributed by atoms with Gasteiger partial charge in [-0.05, 0) is 23.6 Å². The Hall–Kier alpha value is -1.72.